The van der Waals surface area contributed by atoms with Crippen molar-refractivity contribution < 1.29 is 12.8 Å². The molecule has 0 saturated heterocycles. The van der Waals surface area contributed by atoms with Gasteiger partial charge in [0.05, 0.1) is 5.75 Å². The number of aliphatic imine (C=N–C) groups is 1. The molecule has 2 aromatic rings. The molecule has 0 spiro atoms. The fourth-order valence-corrected chi connectivity index (χ4v) is 4.30. The highest BCUT2D eigenvalue weighted by Gasteiger charge is 2.15. The molecule has 0 aliphatic rings. The third kappa shape index (κ3) is 7.47. The van der Waals surface area contributed by atoms with Crippen LogP contribution in [-0.4, -0.2) is 27.5 Å². The van der Waals surface area contributed by atoms with Crippen LogP contribution in [0.2, 0.25) is 0 Å². The molecule has 158 valence electrons. The molecular weight excluding hydrogens is 391 g/mol. The molecule has 0 radical (unpaired) electrons. The first-order chi connectivity index (χ1) is 13.7. The second-order valence-corrected chi connectivity index (χ2v) is 8.92. The molecule has 0 aromatic heterocycles. The van der Waals surface area contributed by atoms with Gasteiger partial charge < -0.3 is 10.6 Å². The van der Waals surface area contributed by atoms with E-state index in [-0.39, 0.29) is 17.6 Å². The zero-order valence-electron chi connectivity index (χ0n) is 17.3. The third-order valence-corrected chi connectivity index (χ3v) is 5.77. The summed E-state index contributed by atoms with van der Waals surface area (Å²) < 4.78 is 40.8. The van der Waals surface area contributed by atoms with Crippen molar-refractivity contribution in [2.24, 2.45) is 4.99 Å². The topological polar surface area (TPSA) is 82.6 Å². The Morgan fingerprint density at radius 1 is 1.07 bits per heavy atom. The van der Waals surface area contributed by atoms with Gasteiger partial charge in [-0.3, -0.25) is 4.99 Å². The zero-order valence-corrected chi connectivity index (χ0v) is 18.1. The van der Waals surface area contributed by atoms with Gasteiger partial charge in [0.1, 0.15) is 5.82 Å². The van der Waals surface area contributed by atoms with E-state index in [1.54, 1.807) is 33.9 Å². The van der Waals surface area contributed by atoms with E-state index in [0.717, 1.165) is 16.7 Å². The summed E-state index contributed by atoms with van der Waals surface area (Å²) in [6, 6.07) is 12.3. The van der Waals surface area contributed by atoms with Crippen LogP contribution >= 0.6 is 0 Å². The van der Waals surface area contributed by atoms with Crippen molar-refractivity contribution in [3.63, 3.8) is 0 Å². The molecule has 6 nitrogen and oxygen atoms in total. The van der Waals surface area contributed by atoms with Crippen LogP contribution in [0.15, 0.2) is 47.5 Å². The molecule has 0 saturated carbocycles. The average molecular weight is 421 g/mol. The van der Waals surface area contributed by atoms with Gasteiger partial charge in [-0.25, -0.2) is 17.5 Å². The number of benzene rings is 2. The lowest BCUT2D eigenvalue weighted by Gasteiger charge is -2.15. The van der Waals surface area contributed by atoms with Crippen LogP contribution in [0.1, 0.15) is 36.1 Å². The van der Waals surface area contributed by atoms with Gasteiger partial charge in [-0.05, 0) is 49.1 Å². The molecule has 0 atom stereocenters. The number of aryl methyl sites for hydroxylation is 1. The fraction of sp³-hybridized carbons (Fsp3) is 0.381. The standard InChI is InChI=1S/C21H29FN4O2S/c1-15(2)26-29(27,28)14-19-8-6-5-7-18(19)13-25-21(23-4)24-12-17-10-9-16(3)20(22)11-17/h5-11,15,26H,12-14H2,1-4H3,(H2,23,24,25). The largest absolute Gasteiger partial charge is 0.352 e. The maximum Gasteiger partial charge on any atom is 0.216 e. The molecule has 0 heterocycles. The molecule has 3 N–H and O–H groups in total. The molecular formula is C21H29FN4O2S. The number of nitrogens with zero attached hydrogens (tertiary/aromatic N) is 1. The van der Waals surface area contributed by atoms with E-state index >= 15 is 0 Å². The maximum atomic E-state index is 13.7. The second-order valence-electron chi connectivity index (χ2n) is 7.16. The highest BCUT2D eigenvalue weighted by atomic mass is 32.2. The minimum atomic E-state index is -3.41. The first-order valence-corrected chi connectivity index (χ1v) is 11.1. The summed E-state index contributed by atoms with van der Waals surface area (Å²) in [5.74, 6) is 0.221. The second kappa shape index (κ2) is 10.4. The van der Waals surface area contributed by atoms with Crippen LogP contribution in [0.5, 0.6) is 0 Å². The number of guanidine groups is 1. The smallest absolute Gasteiger partial charge is 0.216 e. The number of hydrogen-bond donors (Lipinski definition) is 3. The molecule has 0 aliphatic carbocycles. The summed E-state index contributed by atoms with van der Waals surface area (Å²) in [6.45, 7) is 6.14. The van der Waals surface area contributed by atoms with Crippen LogP contribution in [0.25, 0.3) is 0 Å². The summed E-state index contributed by atoms with van der Waals surface area (Å²) in [5, 5.41) is 6.32. The summed E-state index contributed by atoms with van der Waals surface area (Å²) in [5.41, 5.74) is 3.01. The van der Waals surface area contributed by atoms with Crippen LogP contribution < -0.4 is 15.4 Å². The van der Waals surface area contributed by atoms with E-state index in [2.05, 4.69) is 20.3 Å². The normalized spacial score (nSPS) is 12.3. The van der Waals surface area contributed by atoms with Crippen molar-refractivity contribution in [3.05, 3.63) is 70.5 Å². The zero-order chi connectivity index (χ0) is 21.4. The van der Waals surface area contributed by atoms with Gasteiger partial charge in [-0.15, -0.1) is 0 Å². The van der Waals surface area contributed by atoms with Gasteiger partial charge in [-0.2, -0.15) is 0 Å². The molecule has 0 unspecified atom stereocenters. The highest BCUT2D eigenvalue weighted by molar-refractivity contribution is 7.88. The van der Waals surface area contributed by atoms with E-state index in [9.17, 15) is 12.8 Å². The van der Waals surface area contributed by atoms with Crippen molar-refractivity contribution in [1.82, 2.24) is 15.4 Å². The molecule has 0 aliphatic heterocycles. The SMILES string of the molecule is CN=C(NCc1ccc(C)c(F)c1)NCc1ccccc1CS(=O)(=O)NC(C)C. The predicted molar refractivity (Wildman–Crippen MR) is 116 cm³/mol. The van der Waals surface area contributed by atoms with E-state index in [1.807, 2.05) is 30.3 Å². The van der Waals surface area contributed by atoms with Crippen LogP contribution in [0.4, 0.5) is 4.39 Å². The summed E-state index contributed by atoms with van der Waals surface area (Å²) in [7, 11) is -1.77. The Kier molecular flexibility index (Phi) is 8.16. The van der Waals surface area contributed by atoms with Gasteiger partial charge in [0.25, 0.3) is 0 Å². The Hall–Kier alpha value is -2.45. The monoisotopic (exact) mass is 420 g/mol. The van der Waals surface area contributed by atoms with E-state index < -0.39 is 10.0 Å². The van der Waals surface area contributed by atoms with Gasteiger partial charge in [0, 0.05) is 26.2 Å². The maximum absolute atomic E-state index is 13.7. The molecule has 8 heteroatoms. The summed E-state index contributed by atoms with van der Waals surface area (Å²) >= 11 is 0. The molecule has 0 amide bonds. The first kappa shape index (κ1) is 22.8. The average Bonchev–Trinajstić information content (AvgIpc) is 2.64. The van der Waals surface area contributed by atoms with E-state index in [0.29, 0.717) is 24.6 Å². The lowest BCUT2D eigenvalue weighted by molar-refractivity contribution is 0.568. The number of hydrogen-bond acceptors (Lipinski definition) is 3. The van der Waals surface area contributed by atoms with Crippen LogP contribution in [0.3, 0.4) is 0 Å². The minimum absolute atomic E-state index is 0.0856. The Labute approximate surface area is 172 Å². The van der Waals surface area contributed by atoms with Crippen molar-refractivity contribution in [2.45, 2.75) is 45.7 Å². The van der Waals surface area contributed by atoms with Crippen LogP contribution in [-0.2, 0) is 28.9 Å². The molecule has 2 aromatic carbocycles. The predicted octanol–water partition coefficient (Wildman–Crippen LogP) is 2.83. The number of halogens is 1. The number of sulfonamides is 1. The quantitative estimate of drug-likeness (QED) is 0.453. The third-order valence-electron chi connectivity index (χ3n) is 4.25. The number of rotatable bonds is 8. The first-order valence-electron chi connectivity index (χ1n) is 9.46. The van der Waals surface area contributed by atoms with E-state index in [1.165, 1.54) is 6.07 Å². The van der Waals surface area contributed by atoms with Crippen LogP contribution in [0, 0.1) is 12.7 Å². The van der Waals surface area contributed by atoms with Gasteiger partial charge in [0.2, 0.25) is 10.0 Å². The number of nitrogens with one attached hydrogen (secondary N) is 3. The van der Waals surface area contributed by atoms with Gasteiger partial charge >= 0.3 is 0 Å². The van der Waals surface area contributed by atoms with Crippen molar-refractivity contribution in [1.29, 1.82) is 0 Å². The summed E-state index contributed by atoms with van der Waals surface area (Å²) in [4.78, 5) is 4.17. The van der Waals surface area contributed by atoms with Gasteiger partial charge in [-0.1, -0.05) is 36.4 Å². The molecule has 0 bridgehead atoms. The Bertz CT molecular complexity index is 959. The Morgan fingerprint density at radius 3 is 2.34 bits per heavy atom. The fourth-order valence-electron chi connectivity index (χ4n) is 2.81. The van der Waals surface area contributed by atoms with Gasteiger partial charge in [0.15, 0.2) is 5.96 Å². The lowest BCUT2D eigenvalue weighted by Crippen LogP contribution is -2.36. The molecule has 29 heavy (non-hydrogen) atoms. The molecule has 0 fully saturated rings. The lowest BCUT2D eigenvalue weighted by atomic mass is 10.1. The molecule has 2 rings (SSSR count). The minimum Gasteiger partial charge on any atom is -0.352 e. The Balaban J connectivity index is 1.99. The summed E-state index contributed by atoms with van der Waals surface area (Å²) in [6.07, 6.45) is 0. The highest BCUT2D eigenvalue weighted by Crippen LogP contribution is 2.13. The van der Waals surface area contributed by atoms with E-state index in [4.69, 9.17) is 0 Å². The van der Waals surface area contributed by atoms with Crippen molar-refractivity contribution >= 4 is 16.0 Å². The van der Waals surface area contributed by atoms with Crippen molar-refractivity contribution in [3.8, 4) is 0 Å². The Morgan fingerprint density at radius 2 is 1.72 bits per heavy atom. The van der Waals surface area contributed by atoms with Crippen molar-refractivity contribution in [2.75, 3.05) is 7.05 Å².